The lowest BCUT2D eigenvalue weighted by Crippen LogP contribution is -2.37. The Hall–Kier alpha value is -1.45. The highest BCUT2D eigenvalue weighted by Gasteiger charge is 2.23. The van der Waals surface area contributed by atoms with Crippen LogP contribution in [-0.2, 0) is 0 Å². The summed E-state index contributed by atoms with van der Waals surface area (Å²) in [6.45, 7) is 2.01. The van der Waals surface area contributed by atoms with Crippen molar-refractivity contribution in [3.05, 3.63) is 29.8 Å². The van der Waals surface area contributed by atoms with Gasteiger partial charge in [-0.1, -0.05) is 18.9 Å². The smallest absolute Gasteiger partial charge is 0.270 e. The summed E-state index contributed by atoms with van der Waals surface area (Å²) in [6, 6.07) is 4.39. The van der Waals surface area contributed by atoms with Crippen LogP contribution in [-0.4, -0.2) is 16.9 Å². The lowest BCUT2D eigenvalue weighted by Gasteiger charge is -2.19. The first-order valence-corrected chi connectivity index (χ1v) is 6.10. The number of amides is 1. The lowest BCUT2D eigenvalue weighted by atomic mass is 10.00. The molecule has 1 aromatic heterocycles. The van der Waals surface area contributed by atoms with Gasteiger partial charge in [0, 0.05) is 6.04 Å². The third-order valence-electron chi connectivity index (χ3n) is 3.41. The van der Waals surface area contributed by atoms with Gasteiger partial charge in [0.1, 0.15) is 5.69 Å². The van der Waals surface area contributed by atoms with E-state index in [1.54, 1.807) is 0 Å². The molecule has 0 saturated heterocycles. The third kappa shape index (κ3) is 3.02. The molecule has 0 bridgehead atoms. The number of hydrogen-bond donors (Lipinski definition) is 1. The molecule has 1 aliphatic carbocycles. The predicted octanol–water partition coefficient (Wildman–Crippen LogP) is 2.53. The fourth-order valence-corrected chi connectivity index (χ4v) is 2.39. The summed E-state index contributed by atoms with van der Waals surface area (Å²) in [4.78, 5) is 15.4. The normalized spacial score (nSPS) is 18.0. The van der Waals surface area contributed by atoms with Gasteiger partial charge in [0.15, 0.2) is 0 Å². The number of carbonyl (C=O) groups excluding carboxylic acids is 1. The minimum atomic E-state index is -0.619. The molecule has 1 unspecified atom stereocenters. The summed E-state index contributed by atoms with van der Waals surface area (Å²) in [6.07, 6.45) is 4.81. The SMILES string of the molecule is CC(NC(=O)c1cccc(F)n1)C1CCCC1. The van der Waals surface area contributed by atoms with Gasteiger partial charge in [-0.3, -0.25) is 4.79 Å². The van der Waals surface area contributed by atoms with Gasteiger partial charge in [0.25, 0.3) is 5.91 Å². The first-order valence-electron chi connectivity index (χ1n) is 6.10. The van der Waals surface area contributed by atoms with Crippen LogP contribution in [0.5, 0.6) is 0 Å². The second kappa shape index (κ2) is 5.25. The van der Waals surface area contributed by atoms with Crippen molar-refractivity contribution in [2.75, 3.05) is 0 Å². The van der Waals surface area contributed by atoms with E-state index in [-0.39, 0.29) is 17.6 Å². The molecule has 1 aliphatic rings. The van der Waals surface area contributed by atoms with Crippen molar-refractivity contribution in [2.45, 2.75) is 38.6 Å². The number of pyridine rings is 1. The molecular weight excluding hydrogens is 219 g/mol. The Morgan fingerprint density at radius 1 is 1.47 bits per heavy atom. The fraction of sp³-hybridized carbons (Fsp3) is 0.538. The fourth-order valence-electron chi connectivity index (χ4n) is 2.39. The predicted molar refractivity (Wildman–Crippen MR) is 63.1 cm³/mol. The second-order valence-electron chi connectivity index (χ2n) is 4.65. The number of nitrogens with one attached hydrogen (secondary N) is 1. The molecule has 4 heteroatoms. The molecule has 1 aromatic rings. The van der Waals surface area contributed by atoms with Crippen LogP contribution >= 0.6 is 0 Å². The van der Waals surface area contributed by atoms with Crippen molar-refractivity contribution < 1.29 is 9.18 Å². The zero-order valence-electron chi connectivity index (χ0n) is 9.95. The van der Waals surface area contributed by atoms with Crippen molar-refractivity contribution in [1.29, 1.82) is 0 Å². The molecule has 1 fully saturated rings. The van der Waals surface area contributed by atoms with Crippen LogP contribution in [0.4, 0.5) is 4.39 Å². The van der Waals surface area contributed by atoms with Gasteiger partial charge in [-0.05, 0) is 37.8 Å². The van der Waals surface area contributed by atoms with Crippen molar-refractivity contribution in [3.8, 4) is 0 Å². The van der Waals surface area contributed by atoms with E-state index in [2.05, 4.69) is 10.3 Å². The molecule has 17 heavy (non-hydrogen) atoms. The molecule has 0 aromatic carbocycles. The van der Waals surface area contributed by atoms with Crippen molar-refractivity contribution in [2.24, 2.45) is 5.92 Å². The van der Waals surface area contributed by atoms with Crippen LogP contribution in [0.15, 0.2) is 18.2 Å². The van der Waals surface area contributed by atoms with E-state index in [0.717, 1.165) is 12.8 Å². The second-order valence-corrected chi connectivity index (χ2v) is 4.65. The van der Waals surface area contributed by atoms with Crippen LogP contribution in [0.2, 0.25) is 0 Å². The van der Waals surface area contributed by atoms with E-state index in [1.165, 1.54) is 31.0 Å². The number of carbonyl (C=O) groups is 1. The monoisotopic (exact) mass is 236 g/mol. The largest absolute Gasteiger partial charge is 0.348 e. The van der Waals surface area contributed by atoms with Crippen molar-refractivity contribution in [3.63, 3.8) is 0 Å². The molecule has 1 saturated carbocycles. The maximum absolute atomic E-state index is 12.9. The Morgan fingerprint density at radius 3 is 2.82 bits per heavy atom. The van der Waals surface area contributed by atoms with E-state index >= 15 is 0 Å². The molecule has 0 radical (unpaired) electrons. The van der Waals surface area contributed by atoms with Crippen LogP contribution in [0.1, 0.15) is 43.1 Å². The summed E-state index contributed by atoms with van der Waals surface area (Å²) >= 11 is 0. The van der Waals surface area contributed by atoms with Gasteiger partial charge in [-0.15, -0.1) is 0 Å². The van der Waals surface area contributed by atoms with E-state index in [1.807, 2.05) is 6.92 Å². The average Bonchev–Trinajstić information content (AvgIpc) is 2.82. The molecule has 0 aliphatic heterocycles. The van der Waals surface area contributed by atoms with Crippen molar-refractivity contribution in [1.82, 2.24) is 10.3 Å². The Bertz CT molecular complexity index is 402. The highest BCUT2D eigenvalue weighted by atomic mass is 19.1. The van der Waals surface area contributed by atoms with Crippen LogP contribution in [0.25, 0.3) is 0 Å². The van der Waals surface area contributed by atoms with Gasteiger partial charge >= 0.3 is 0 Å². The number of hydrogen-bond acceptors (Lipinski definition) is 2. The molecule has 0 spiro atoms. The first kappa shape index (κ1) is 12.0. The zero-order chi connectivity index (χ0) is 12.3. The minimum Gasteiger partial charge on any atom is -0.348 e. The topological polar surface area (TPSA) is 42.0 Å². The maximum atomic E-state index is 12.9. The Morgan fingerprint density at radius 2 is 2.18 bits per heavy atom. The third-order valence-corrected chi connectivity index (χ3v) is 3.41. The lowest BCUT2D eigenvalue weighted by molar-refractivity contribution is 0.0921. The van der Waals surface area contributed by atoms with Crippen molar-refractivity contribution >= 4 is 5.91 Å². The summed E-state index contributed by atoms with van der Waals surface area (Å²) in [5.74, 6) is -0.359. The molecule has 92 valence electrons. The highest BCUT2D eigenvalue weighted by Crippen LogP contribution is 2.27. The van der Waals surface area contributed by atoms with E-state index in [9.17, 15) is 9.18 Å². The summed E-state index contributed by atoms with van der Waals surface area (Å²) in [5.41, 5.74) is 0.148. The molecule has 1 N–H and O–H groups in total. The molecule has 3 nitrogen and oxygen atoms in total. The molecular formula is C13H17FN2O. The first-order chi connectivity index (χ1) is 8.16. The Balaban J connectivity index is 1.96. The van der Waals surface area contributed by atoms with Crippen LogP contribution in [0.3, 0.4) is 0 Å². The maximum Gasteiger partial charge on any atom is 0.270 e. The van der Waals surface area contributed by atoms with Gasteiger partial charge in [-0.2, -0.15) is 4.39 Å². The molecule has 1 amide bonds. The Kier molecular flexibility index (Phi) is 3.71. The number of halogens is 1. The number of aromatic nitrogens is 1. The molecule has 1 atom stereocenters. The van der Waals surface area contributed by atoms with Crippen LogP contribution in [0, 0.1) is 11.9 Å². The van der Waals surface area contributed by atoms with E-state index in [0.29, 0.717) is 5.92 Å². The molecule has 2 rings (SSSR count). The average molecular weight is 236 g/mol. The van der Waals surface area contributed by atoms with Crippen LogP contribution < -0.4 is 5.32 Å². The highest BCUT2D eigenvalue weighted by molar-refractivity contribution is 5.92. The summed E-state index contributed by atoms with van der Waals surface area (Å²) in [5, 5.41) is 2.90. The van der Waals surface area contributed by atoms with E-state index < -0.39 is 5.95 Å². The van der Waals surface area contributed by atoms with E-state index in [4.69, 9.17) is 0 Å². The number of rotatable bonds is 3. The van der Waals surface area contributed by atoms with Gasteiger partial charge < -0.3 is 5.32 Å². The summed E-state index contributed by atoms with van der Waals surface area (Å²) < 4.78 is 12.9. The quantitative estimate of drug-likeness (QED) is 0.819. The zero-order valence-corrected chi connectivity index (χ0v) is 9.95. The van der Waals surface area contributed by atoms with Gasteiger partial charge in [-0.25, -0.2) is 4.98 Å². The molecule has 1 heterocycles. The Labute approximate surface area is 100 Å². The minimum absolute atomic E-state index is 0.134. The number of nitrogens with zero attached hydrogens (tertiary/aromatic N) is 1. The summed E-state index contributed by atoms with van der Waals surface area (Å²) in [7, 11) is 0. The van der Waals surface area contributed by atoms with Gasteiger partial charge in [0.05, 0.1) is 0 Å². The standard InChI is InChI=1S/C13H17FN2O/c1-9(10-5-2-3-6-10)15-13(17)11-7-4-8-12(14)16-11/h4,7-10H,2-3,5-6H2,1H3,(H,15,17). The van der Waals surface area contributed by atoms with Gasteiger partial charge in [0.2, 0.25) is 5.95 Å².